The SMILES string of the molecule is CC1CN(S(=O)(=O)c2ccc(N)cc2Cl)CC(C)(C)O1. The number of morpholine rings is 1. The summed E-state index contributed by atoms with van der Waals surface area (Å²) in [6.07, 6.45) is -0.166. The highest BCUT2D eigenvalue weighted by atomic mass is 35.5. The monoisotopic (exact) mass is 318 g/mol. The zero-order valence-electron chi connectivity index (χ0n) is 11.8. The number of ether oxygens (including phenoxy) is 1. The maximum absolute atomic E-state index is 12.7. The van der Waals surface area contributed by atoms with E-state index >= 15 is 0 Å². The molecule has 0 saturated carbocycles. The second-order valence-electron chi connectivity index (χ2n) is 5.68. The van der Waals surface area contributed by atoms with Gasteiger partial charge in [-0.05, 0) is 39.0 Å². The first-order chi connectivity index (χ1) is 9.12. The fraction of sp³-hybridized carbons (Fsp3) is 0.538. The number of hydrogen-bond acceptors (Lipinski definition) is 4. The standard InChI is InChI=1S/C13H19ClN2O3S/c1-9-7-16(8-13(2,3)19-9)20(17,18)12-5-4-10(15)6-11(12)14/h4-6,9H,7-8,15H2,1-3H3. The number of nitrogen functional groups attached to an aromatic ring is 1. The van der Waals surface area contributed by atoms with E-state index in [1.807, 2.05) is 20.8 Å². The molecule has 2 rings (SSSR count). The van der Waals surface area contributed by atoms with E-state index in [4.69, 9.17) is 22.1 Å². The molecule has 1 heterocycles. The molecule has 5 nitrogen and oxygen atoms in total. The van der Waals surface area contributed by atoms with Gasteiger partial charge in [0.25, 0.3) is 0 Å². The number of anilines is 1. The Morgan fingerprint density at radius 3 is 2.65 bits per heavy atom. The third kappa shape index (κ3) is 3.09. The van der Waals surface area contributed by atoms with Gasteiger partial charge in [-0.1, -0.05) is 11.6 Å². The molecule has 0 amide bonds. The molecule has 1 saturated heterocycles. The lowest BCUT2D eigenvalue weighted by Gasteiger charge is -2.40. The molecule has 0 aliphatic carbocycles. The van der Waals surface area contributed by atoms with Gasteiger partial charge in [0.05, 0.1) is 16.7 Å². The molecule has 0 aromatic heterocycles. The van der Waals surface area contributed by atoms with Gasteiger partial charge in [0.15, 0.2) is 0 Å². The van der Waals surface area contributed by atoms with E-state index < -0.39 is 15.6 Å². The second kappa shape index (κ2) is 5.18. The summed E-state index contributed by atoms with van der Waals surface area (Å²) in [5.41, 5.74) is 5.51. The Morgan fingerprint density at radius 1 is 1.45 bits per heavy atom. The first kappa shape index (κ1) is 15.6. The fourth-order valence-electron chi connectivity index (χ4n) is 2.44. The molecule has 1 atom stereocenters. The smallest absolute Gasteiger partial charge is 0.244 e. The van der Waals surface area contributed by atoms with Crippen molar-refractivity contribution in [2.45, 2.75) is 37.4 Å². The average molecular weight is 319 g/mol. The first-order valence-electron chi connectivity index (χ1n) is 6.35. The highest BCUT2D eigenvalue weighted by Gasteiger charge is 2.38. The van der Waals surface area contributed by atoms with E-state index in [1.54, 1.807) is 0 Å². The molecule has 1 aromatic carbocycles. The normalized spacial score (nSPS) is 23.7. The van der Waals surface area contributed by atoms with Crippen LogP contribution in [0.2, 0.25) is 5.02 Å². The average Bonchev–Trinajstić information content (AvgIpc) is 2.25. The molecule has 1 aliphatic rings. The zero-order valence-corrected chi connectivity index (χ0v) is 13.3. The lowest BCUT2D eigenvalue weighted by molar-refractivity contribution is -0.109. The zero-order chi connectivity index (χ0) is 15.1. The molecule has 0 radical (unpaired) electrons. The molecule has 2 N–H and O–H groups in total. The van der Waals surface area contributed by atoms with Crippen LogP contribution in [0.4, 0.5) is 5.69 Å². The summed E-state index contributed by atoms with van der Waals surface area (Å²) in [5.74, 6) is 0. The van der Waals surface area contributed by atoms with Crippen molar-refractivity contribution >= 4 is 27.3 Å². The van der Waals surface area contributed by atoms with Crippen molar-refractivity contribution < 1.29 is 13.2 Å². The molecule has 7 heteroatoms. The van der Waals surface area contributed by atoms with Crippen LogP contribution in [0, 0.1) is 0 Å². The number of sulfonamides is 1. The minimum atomic E-state index is -3.65. The molecular formula is C13H19ClN2O3S. The highest BCUT2D eigenvalue weighted by Crippen LogP contribution is 2.30. The van der Waals surface area contributed by atoms with Crippen molar-refractivity contribution in [1.82, 2.24) is 4.31 Å². The van der Waals surface area contributed by atoms with Crippen molar-refractivity contribution in [3.63, 3.8) is 0 Å². The van der Waals surface area contributed by atoms with Crippen LogP contribution in [0.3, 0.4) is 0 Å². The fourth-order valence-corrected chi connectivity index (χ4v) is 4.64. The van der Waals surface area contributed by atoms with E-state index in [0.717, 1.165) is 0 Å². The lowest BCUT2D eigenvalue weighted by atomic mass is 10.1. The summed E-state index contributed by atoms with van der Waals surface area (Å²) in [6.45, 7) is 6.20. The number of hydrogen-bond donors (Lipinski definition) is 1. The van der Waals surface area contributed by atoms with Gasteiger partial charge in [0, 0.05) is 18.8 Å². The Kier molecular flexibility index (Phi) is 4.03. The van der Waals surface area contributed by atoms with Crippen molar-refractivity contribution in [3.05, 3.63) is 23.2 Å². The molecule has 1 unspecified atom stereocenters. The Balaban J connectivity index is 2.39. The predicted octanol–water partition coefficient (Wildman–Crippen LogP) is 2.11. The Morgan fingerprint density at radius 2 is 2.10 bits per heavy atom. The maximum Gasteiger partial charge on any atom is 0.244 e. The van der Waals surface area contributed by atoms with E-state index in [0.29, 0.717) is 18.8 Å². The van der Waals surface area contributed by atoms with Crippen molar-refractivity contribution in [2.24, 2.45) is 0 Å². The van der Waals surface area contributed by atoms with Crippen LogP contribution in [0.25, 0.3) is 0 Å². The summed E-state index contributed by atoms with van der Waals surface area (Å²) in [6, 6.07) is 4.43. The van der Waals surface area contributed by atoms with E-state index in [9.17, 15) is 8.42 Å². The topological polar surface area (TPSA) is 72.6 Å². The maximum atomic E-state index is 12.7. The summed E-state index contributed by atoms with van der Waals surface area (Å²) in [4.78, 5) is 0.0817. The van der Waals surface area contributed by atoms with Crippen LogP contribution in [-0.2, 0) is 14.8 Å². The van der Waals surface area contributed by atoms with Crippen LogP contribution >= 0.6 is 11.6 Å². The third-order valence-electron chi connectivity index (χ3n) is 3.11. The minimum Gasteiger partial charge on any atom is -0.399 e. The van der Waals surface area contributed by atoms with Gasteiger partial charge >= 0.3 is 0 Å². The van der Waals surface area contributed by atoms with Gasteiger partial charge in [-0.2, -0.15) is 4.31 Å². The lowest BCUT2D eigenvalue weighted by Crippen LogP contribution is -2.53. The van der Waals surface area contributed by atoms with Gasteiger partial charge < -0.3 is 10.5 Å². The summed E-state index contributed by atoms with van der Waals surface area (Å²) < 4.78 is 32.5. The number of nitrogens with zero attached hydrogens (tertiary/aromatic N) is 1. The van der Waals surface area contributed by atoms with Crippen LogP contribution in [0.15, 0.2) is 23.1 Å². The second-order valence-corrected chi connectivity index (χ2v) is 7.99. The first-order valence-corrected chi connectivity index (χ1v) is 8.17. The molecule has 0 spiro atoms. The number of rotatable bonds is 2. The molecule has 1 fully saturated rings. The van der Waals surface area contributed by atoms with Crippen LogP contribution in [0.1, 0.15) is 20.8 Å². The van der Waals surface area contributed by atoms with E-state index in [1.165, 1.54) is 22.5 Å². The van der Waals surface area contributed by atoms with Gasteiger partial charge in [-0.15, -0.1) is 0 Å². The number of benzene rings is 1. The van der Waals surface area contributed by atoms with Gasteiger partial charge in [-0.25, -0.2) is 8.42 Å². The van der Waals surface area contributed by atoms with Crippen LogP contribution in [0.5, 0.6) is 0 Å². The Bertz CT molecular complexity index is 616. The van der Waals surface area contributed by atoms with Crippen LogP contribution in [-0.4, -0.2) is 37.5 Å². The van der Waals surface area contributed by atoms with Crippen molar-refractivity contribution in [1.29, 1.82) is 0 Å². The molecule has 0 bridgehead atoms. The van der Waals surface area contributed by atoms with Gasteiger partial charge in [0.2, 0.25) is 10.0 Å². The highest BCUT2D eigenvalue weighted by molar-refractivity contribution is 7.89. The van der Waals surface area contributed by atoms with Crippen molar-refractivity contribution in [3.8, 4) is 0 Å². The van der Waals surface area contributed by atoms with Crippen molar-refractivity contribution in [2.75, 3.05) is 18.8 Å². The number of halogens is 1. The summed E-state index contributed by atoms with van der Waals surface area (Å²) in [5, 5.41) is 0.141. The number of nitrogens with two attached hydrogens (primary N) is 1. The molecule has 20 heavy (non-hydrogen) atoms. The third-order valence-corrected chi connectivity index (χ3v) is 5.41. The summed E-state index contributed by atoms with van der Waals surface area (Å²) >= 11 is 6.02. The summed E-state index contributed by atoms with van der Waals surface area (Å²) in [7, 11) is -3.65. The van der Waals surface area contributed by atoms with Gasteiger partial charge in [0.1, 0.15) is 4.90 Å². The predicted molar refractivity (Wildman–Crippen MR) is 79.2 cm³/mol. The quantitative estimate of drug-likeness (QED) is 0.848. The Hall–Kier alpha value is -0.820. The molecule has 1 aromatic rings. The van der Waals surface area contributed by atoms with Gasteiger partial charge in [-0.3, -0.25) is 0 Å². The molecule has 1 aliphatic heterocycles. The Labute approximate surface area is 124 Å². The van der Waals surface area contributed by atoms with E-state index in [-0.39, 0.29) is 16.0 Å². The molecule has 112 valence electrons. The minimum absolute atomic E-state index is 0.0817. The molecular weight excluding hydrogens is 300 g/mol. The largest absolute Gasteiger partial charge is 0.399 e. The van der Waals surface area contributed by atoms with Crippen LogP contribution < -0.4 is 5.73 Å². The van der Waals surface area contributed by atoms with E-state index in [2.05, 4.69) is 0 Å².